The lowest BCUT2D eigenvalue weighted by Gasteiger charge is -2.37. The Morgan fingerprint density at radius 2 is 1.74 bits per heavy atom. The minimum absolute atomic E-state index is 0.0110. The van der Waals surface area contributed by atoms with Gasteiger partial charge < -0.3 is 10.6 Å². The van der Waals surface area contributed by atoms with E-state index in [9.17, 15) is 13.2 Å². The molecule has 2 N–H and O–H groups in total. The minimum atomic E-state index is -3.51. The van der Waals surface area contributed by atoms with Crippen molar-refractivity contribution in [3.63, 3.8) is 0 Å². The summed E-state index contributed by atoms with van der Waals surface area (Å²) in [5.41, 5.74) is 0.564. The van der Waals surface area contributed by atoms with Crippen LogP contribution >= 0.6 is 0 Å². The second-order valence-electron chi connectivity index (χ2n) is 5.97. The summed E-state index contributed by atoms with van der Waals surface area (Å²) in [6, 6.07) is 6.04. The molecule has 7 heteroatoms. The van der Waals surface area contributed by atoms with Crippen LogP contribution in [0.5, 0.6) is 0 Å². The summed E-state index contributed by atoms with van der Waals surface area (Å²) >= 11 is 0. The smallest absolute Gasteiger partial charge is 0.319 e. The third kappa shape index (κ3) is 4.03. The number of benzene rings is 1. The molecule has 0 aromatic heterocycles. The molecule has 1 aromatic rings. The van der Waals surface area contributed by atoms with Crippen LogP contribution in [0.4, 0.5) is 10.5 Å². The molecule has 1 fully saturated rings. The highest BCUT2D eigenvalue weighted by Gasteiger charge is 2.35. The molecule has 0 aliphatic carbocycles. The molecule has 1 heterocycles. The van der Waals surface area contributed by atoms with Crippen LogP contribution in [0.3, 0.4) is 0 Å². The van der Waals surface area contributed by atoms with Crippen molar-refractivity contribution in [3.8, 4) is 0 Å². The Morgan fingerprint density at radius 3 is 2.26 bits per heavy atom. The molecule has 0 saturated carbocycles. The van der Waals surface area contributed by atoms with Crippen molar-refractivity contribution in [1.29, 1.82) is 0 Å². The van der Waals surface area contributed by atoms with E-state index in [-0.39, 0.29) is 23.0 Å². The summed E-state index contributed by atoms with van der Waals surface area (Å²) in [6.07, 6.45) is 2.84. The maximum Gasteiger partial charge on any atom is 0.319 e. The molecular formula is C16H25N3O3S. The van der Waals surface area contributed by atoms with Crippen LogP contribution in [0, 0.1) is 0 Å². The highest BCUT2D eigenvalue weighted by atomic mass is 32.2. The van der Waals surface area contributed by atoms with Gasteiger partial charge in [0.2, 0.25) is 10.0 Å². The van der Waals surface area contributed by atoms with Crippen molar-refractivity contribution in [2.75, 3.05) is 11.9 Å². The second-order valence-corrected chi connectivity index (χ2v) is 7.82. The summed E-state index contributed by atoms with van der Waals surface area (Å²) in [7, 11) is -3.51. The molecule has 0 unspecified atom stereocenters. The van der Waals surface area contributed by atoms with E-state index in [4.69, 9.17) is 0 Å². The van der Waals surface area contributed by atoms with Crippen LogP contribution in [0.15, 0.2) is 29.2 Å². The zero-order valence-electron chi connectivity index (χ0n) is 13.9. The third-order valence-electron chi connectivity index (χ3n) is 4.14. The first kappa shape index (κ1) is 17.7. The van der Waals surface area contributed by atoms with Gasteiger partial charge in [-0.05, 0) is 57.9 Å². The summed E-state index contributed by atoms with van der Waals surface area (Å²) in [5.74, 6) is 0. The number of piperidine rings is 1. The number of hydrogen-bond acceptors (Lipinski definition) is 3. The molecule has 128 valence electrons. The molecule has 0 spiro atoms. The van der Waals surface area contributed by atoms with Crippen molar-refractivity contribution >= 4 is 21.7 Å². The second kappa shape index (κ2) is 7.31. The number of rotatable bonds is 4. The molecule has 2 amide bonds. The first-order valence-electron chi connectivity index (χ1n) is 8.04. The quantitative estimate of drug-likeness (QED) is 0.885. The van der Waals surface area contributed by atoms with Gasteiger partial charge in [-0.25, -0.2) is 13.2 Å². The van der Waals surface area contributed by atoms with E-state index in [1.165, 1.54) is 0 Å². The van der Waals surface area contributed by atoms with Crippen molar-refractivity contribution < 1.29 is 13.2 Å². The Hall–Kier alpha value is -1.60. The van der Waals surface area contributed by atoms with E-state index in [2.05, 4.69) is 10.6 Å². The lowest BCUT2D eigenvalue weighted by Crippen LogP contribution is -2.47. The maximum absolute atomic E-state index is 12.9. The normalized spacial score (nSPS) is 22.6. The van der Waals surface area contributed by atoms with Crippen LogP contribution in [-0.4, -0.2) is 37.4 Å². The van der Waals surface area contributed by atoms with Gasteiger partial charge in [0, 0.05) is 24.3 Å². The number of amides is 2. The van der Waals surface area contributed by atoms with E-state index in [1.807, 2.05) is 20.8 Å². The summed E-state index contributed by atoms with van der Waals surface area (Å²) in [6.45, 7) is 6.27. The van der Waals surface area contributed by atoms with Crippen LogP contribution in [0.2, 0.25) is 0 Å². The number of hydrogen-bond donors (Lipinski definition) is 2. The van der Waals surface area contributed by atoms with Gasteiger partial charge in [-0.2, -0.15) is 4.31 Å². The summed E-state index contributed by atoms with van der Waals surface area (Å²) in [4.78, 5) is 11.7. The first-order valence-corrected chi connectivity index (χ1v) is 9.48. The standard InChI is InChI=1S/C16H25N3O3S/c1-4-17-16(20)18-14-8-10-15(11-9-14)23(21,22)19-12(2)6-5-7-13(19)3/h8-13H,4-7H2,1-3H3,(H2,17,18,20)/t12-,13-/m1/s1. The van der Waals surface area contributed by atoms with E-state index >= 15 is 0 Å². The Morgan fingerprint density at radius 1 is 1.17 bits per heavy atom. The van der Waals surface area contributed by atoms with Crippen LogP contribution in [-0.2, 0) is 10.0 Å². The Kier molecular flexibility index (Phi) is 5.64. The zero-order chi connectivity index (χ0) is 17.0. The lowest BCUT2D eigenvalue weighted by atomic mass is 10.0. The SMILES string of the molecule is CCNC(=O)Nc1ccc(S(=O)(=O)N2[C@H](C)CCC[C@H]2C)cc1. The molecule has 0 bridgehead atoms. The molecule has 23 heavy (non-hydrogen) atoms. The van der Waals surface area contributed by atoms with Gasteiger partial charge in [0.1, 0.15) is 0 Å². The van der Waals surface area contributed by atoms with Gasteiger partial charge in [0.05, 0.1) is 4.90 Å². The Labute approximate surface area is 138 Å². The average Bonchev–Trinajstić information content (AvgIpc) is 2.47. The number of urea groups is 1. The Bertz CT molecular complexity index is 633. The molecule has 2 rings (SSSR count). The predicted molar refractivity (Wildman–Crippen MR) is 90.9 cm³/mol. The molecule has 0 radical (unpaired) electrons. The topological polar surface area (TPSA) is 78.5 Å². The molecule has 6 nitrogen and oxygen atoms in total. The number of sulfonamides is 1. The van der Waals surface area contributed by atoms with Gasteiger partial charge in [-0.1, -0.05) is 6.42 Å². The van der Waals surface area contributed by atoms with Gasteiger partial charge in [-0.3, -0.25) is 0 Å². The van der Waals surface area contributed by atoms with Gasteiger partial charge in [0.25, 0.3) is 0 Å². The lowest BCUT2D eigenvalue weighted by molar-refractivity contribution is 0.204. The summed E-state index contributed by atoms with van der Waals surface area (Å²) < 4.78 is 27.4. The van der Waals surface area contributed by atoms with Crippen molar-refractivity contribution in [1.82, 2.24) is 9.62 Å². The van der Waals surface area contributed by atoms with Gasteiger partial charge in [0.15, 0.2) is 0 Å². The number of anilines is 1. The molecule has 2 atom stereocenters. The molecular weight excluding hydrogens is 314 g/mol. The Balaban J connectivity index is 2.18. The zero-order valence-corrected chi connectivity index (χ0v) is 14.7. The van der Waals surface area contributed by atoms with E-state index in [0.29, 0.717) is 12.2 Å². The van der Waals surface area contributed by atoms with Crippen LogP contribution in [0.1, 0.15) is 40.0 Å². The van der Waals surface area contributed by atoms with Gasteiger partial charge in [-0.15, -0.1) is 0 Å². The fraction of sp³-hybridized carbons (Fsp3) is 0.562. The highest BCUT2D eigenvalue weighted by Crippen LogP contribution is 2.29. The van der Waals surface area contributed by atoms with E-state index in [1.54, 1.807) is 28.6 Å². The van der Waals surface area contributed by atoms with Crippen LogP contribution < -0.4 is 10.6 Å². The van der Waals surface area contributed by atoms with E-state index in [0.717, 1.165) is 19.3 Å². The summed E-state index contributed by atoms with van der Waals surface area (Å²) in [5, 5.41) is 5.29. The monoisotopic (exact) mass is 339 g/mol. The molecule has 1 aliphatic rings. The average molecular weight is 339 g/mol. The van der Waals surface area contributed by atoms with E-state index < -0.39 is 10.0 Å². The number of nitrogens with one attached hydrogen (secondary N) is 2. The van der Waals surface area contributed by atoms with Crippen molar-refractivity contribution in [2.24, 2.45) is 0 Å². The number of nitrogens with zero attached hydrogens (tertiary/aromatic N) is 1. The highest BCUT2D eigenvalue weighted by molar-refractivity contribution is 7.89. The third-order valence-corrected chi connectivity index (χ3v) is 6.28. The largest absolute Gasteiger partial charge is 0.338 e. The van der Waals surface area contributed by atoms with Crippen molar-refractivity contribution in [2.45, 2.75) is 57.0 Å². The molecule has 1 aromatic carbocycles. The van der Waals surface area contributed by atoms with Crippen molar-refractivity contribution in [3.05, 3.63) is 24.3 Å². The fourth-order valence-electron chi connectivity index (χ4n) is 3.04. The maximum atomic E-state index is 12.9. The van der Waals surface area contributed by atoms with Gasteiger partial charge >= 0.3 is 6.03 Å². The molecule has 1 saturated heterocycles. The number of carbonyl (C=O) groups excluding carboxylic acids is 1. The predicted octanol–water partition coefficient (Wildman–Crippen LogP) is 2.78. The molecule has 1 aliphatic heterocycles. The number of carbonyl (C=O) groups is 1. The fourth-order valence-corrected chi connectivity index (χ4v) is 4.92. The van der Waals surface area contributed by atoms with Crippen LogP contribution in [0.25, 0.3) is 0 Å². The minimum Gasteiger partial charge on any atom is -0.338 e. The first-order chi connectivity index (χ1) is 10.9.